The number of benzene rings is 1. The van der Waals surface area contributed by atoms with E-state index < -0.39 is 11.7 Å². The molecule has 1 amide bonds. The number of carbonyl (C=O) groups excluding carboxylic acids is 1. The molecule has 0 aliphatic heterocycles. The summed E-state index contributed by atoms with van der Waals surface area (Å²) in [6.45, 7) is 9.30. The first-order chi connectivity index (χ1) is 13.4. The maximum Gasteiger partial charge on any atom is 0.274 e. The Hall–Kier alpha value is -3.42. The van der Waals surface area contributed by atoms with E-state index in [9.17, 15) is 9.18 Å². The van der Waals surface area contributed by atoms with Gasteiger partial charge in [0.15, 0.2) is 11.5 Å². The Morgan fingerprint density at radius 1 is 1.36 bits per heavy atom. The standard InChI is InChI=1S/C20H23FN4O3/c1-5-10-28-13(4)17-12(3)24-18(19(22)25-17)20(26)23-11-14-15(21)8-7-9-16(14)27-6-2/h5,7-10H,4,6,11H2,1-3H3,(H2,22,25)(H,23,26)/b10-5-. The van der Waals surface area contributed by atoms with Crippen LogP contribution < -0.4 is 15.8 Å². The lowest BCUT2D eigenvalue weighted by Crippen LogP contribution is -2.27. The van der Waals surface area contributed by atoms with Crippen molar-refractivity contribution < 1.29 is 18.7 Å². The number of nitrogen functional groups attached to an aromatic ring is 1. The smallest absolute Gasteiger partial charge is 0.274 e. The van der Waals surface area contributed by atoms with Gasteiger partial charge in [0.05, 0.1) is 18.6 Å². The molecule has 0 bridgehead atoms. The summed E-state index contributed by atoms with van der Waals surface area (Å²) in [4.78, 5) is 20.9. The molecule has 0 radical (unpaired) electrons. The van der Waals surface area contributed by atoms with E-state index in [0.29, 0.717) is 23.7 Å². The second kappa shape index (κ2) is 9.50. The van der Waals surface area contributed by atoms with Gasteiger partial charge in [0.2, 0.25) is 0 Å². The van der Waals surface area contributed by atoms with Crippen LogP contribution >= 0.6 is 0 Å². The second-order valence-electron chi connectivity index (χ2n) is 5.73. The number of rotatable bonds is 8. The van der Waals surface area contributed by atoms with Gasteiger partial charge in [0, 0.05) is 12.1 Å². The minimum atomic E-state index is -0.578. The van der Waals surface area contributed by atoms with Crippen molar-refractivity contribution in [3.63, 3.8) is 0 Å². The Morgan fingerprint density at radius 3 is 2.79 bits per heavy atom. The van der Waals surface area contributed by atoms with Crippen LogP contribution in [0, 0.1) is 12.7 Å². The van der Waals surface area contributed by atoms with E-state index in [2.05, 4.69) is 21.9 Å². The highest BCUT2D eigenvalue weighted by atomic mass is 19.1. The van der Waals surface area contributed by atoms with Gasteiger partial charge in [-0.15, -0.1) is 0 Å². The van der Waals surface area contributed by atoms with Crippen molar-refractivity contribution in [1.82, 2.24) is 15.3 Å². The second-order valence-corrected chi connectivity index (χ2v) is 5.73. The van der Waals surface area contributed by atoms with E-state index in [1.54, 1.807) is 39.0 Å². The Kier molecular flexibility index (Phi) is 7.08. The van der Waals surface area contributed by atoms with Gasteiger partial charge in [-0.05, 0) is 32.9 Å². The number of hydrogen-bond acceptors (Lipinski definition) is 6. The molecule has 28 heavy (non-hydrogen) atoms. The van der Waals surface area contributed by atoms with Crippen molar-refractivity contribution in [1.29, 1.82) is 0 Å². The maximum atomic E-state index is 14.1. The average Bonchev–Trinajstić information content (AvgIpc) is 2.67. The number of nitrogens with one attached hydrogen (secondary N) is 1. The Labute approximate surface area is 163 Å². The fourth-order valence-electron chi connectivity index (χ4n) is 2.42. The number of carbonyl (C=O) groups is 1. The minimum Gasteiger partial charge on any atom is -0.493 e. The van der Waals surface area contributed by atoms with Crippen LogP contribution in [0.1, 0.15) is 41.3 Å². The number of aryl methyl sites for hydroxylation is 1. The maximum absolute atomic E-state index is 14.1. The fraction of sp³-hybridized carbons (Fsp3) is 0.250. The zero-order chi connectivity index (χ0) is 20.7. The van der Waals surface area contributed by atoms with Gasteiger partial charge in [-0.3, -0.25) is 4.79 Å². The lowest BCUT2D eigenvalue weighted by Gasteiger charge is -2.13. The molecule has 0 aliphatic carbocycles. The third kappa shape index (κ3) is 4.85. The molecule has 0 spiro atoms. The van der Waals surface area contributed by atoms with Gasteiger partial charge >= 0.3 is 0 Å². The zero-order valence-electron chi connectivity index (χ0n) is 16.1. The van der Waals surface area contributed by atoms with E-state index in [0.717, 1.165) is 0 Å². The van der Waals surface area contributed by atoms with Crippen molar-refractivity contribution >= 4 is 17.5 Å². The average molecular weight is 386 g/mol. The molecular formula is C20H23FN4O3. The van der Waals surface area contributed by atoms with Crippen LogP contribution in [-0.2, 0) is 11.3 Å². The Bertz CT molecular complexity index is 913. The molecule has 2 rings (SSSR count). The van der Waals surface area contributed by atoms with E-state index >= 15 is 0 Å². The number of ether oxygens (including phenoxy) is 2. The van der Waals surface area contributed by atoms with Crippen LogP contribution in [0.4, 0.5) is 10.2 Å². The van der Waals surface area contributed by atoms with Gasteiger partial charge in [-0.25, -0.2) is 14.4 Å². The number of nitrogens with two attached hydrogens (primary N) is 1. The molecule has 0 atom stereocenters. The van der Waals surface area contributed by atoms with Gasteiger partial charge in [-0.1, -0.05) is 18.7 Å². The molecule has 7 nitrogen and oxygen atoms in total. The quantitative estimate of drug-likeness (QED) is 0.675. The molecule has 1 heterocycles. The summed E-state index contributed by atoms with van der Waals surface area (Å²) in [5.74, 6) is -0.512. The lowest BCUT2D eigenvalue weighted by molar-refractivity contribution is 0.0945. The summed E-state index contributed by atoms with van der Waals surface area (Å²) in [7, 11) is 0. The number of anilines is 1. The van der Waals surface area contributed by atoms with Crippen LogP contribution in [-0.4, -0.2) is 22.5 Å². The van der Waals surface area contributed by atoms with E-state index in [1.807, 2.05) is 0 Å². The van der Waals surface area contributed by atoms with Crippen molar-refractivity contribution in [2.75, 3.05) is 12.3 Å². The van der Waals surface area contributed by atoms with E-state index in [-0.39, 0.29) is 29.4 Å². The zero-order valence-corrected chi connectivity index (χ0v) is 16.1. The van der Waals surface area contributed by atoms with Gasteiger partial charge in [0.1, 0.15) is 23.0 Å². The third-order valence-corrected chi connectivity index (χ3v) is 3.72. The topological polar surface area (TPSA) is 99.4 Å². The van der Waals surface area contributed by atoms with Gasteiger partial charge < -0.3 is 20.5 Å². The van der Waals surface area contributed by atoms with Crippen LogP contribution in [0.5, 0.6) is 5.75 Å². The molecule has 8 heteroatoms. The van der Waals surface area contributed by atoms with E-state index in [1.165, 1.54) is 12.3 Å². The van der Waals surface area contributed by atoms with Crippen molar-refractivity contribution in [2.45, 2.75) is 27.3 Å². The number of allylic oxidation sites excluding steroid dienone is 1. The number of aromatic nitrogens is 2. The third-order valence-electron chi connectivity index (χ3n) is 3.72. The highest BCUT2D eigenvalue weighted by Crippen LogP contribution is 2.22. The fourth-order valence-corrected chi connectivity index (χ4v) is 2.42. The summed E-state index contributed by atoms with van der Waals surface area (Å²) < 4.78 is 24.8. The molecule has 1 aromatic carbocycles. The molecule has 1 aromatic heterocycles. The van der Waals surface area contributed by atoms with Crippen LogP contribution in [0.15, 0.2) is 37.1 Å². The van der Waals surface area contributed by atoms with Gasteiger partial charge in [0.25, 0.3) is 5.91 Å². The molecule has 0 saturated carbocycles. The predicted octanol–water partition coefficient (Wildman–Crippen LogP) is 3.36. The van der Waals surface area contributed by atoms with Crippen molar-refractivity contribution in [2.24, 2.45) is 0 Å². The minimum absolute atomic E-state index is 0.0608. The highest BCUT2D eigenvalue weighted by molar-refractivity contribution is 5.96. The van der Waals surface area contributed by atoms with Crippen LogP contribution in [0.2, 0.25) is 0 Å². The van der Waals surface area contributed by atoms with Crippen molar-refractivity contribution in [3.8, 4) is 5.75 Å². The molecule has 0 aliphatic rings. The van der Waals surface area contributed by atoms with E-state index in [4.69, 9.17) is 15.2 Å². The molecule has 148 valence electrons. The predicted molar refractivity (Wildman–Crippen MR) is 105 cm³/mol. The SMILES string of the molecule is C=C(O/C=C\C)c1nc(N)c(C(=O)NCc2c(F)cccc2OCC)nc1C. The summed E-state index contributed by atoms with van der Waals surface area (Å²) in [5, 5.41) is 2.60. The highest BCUT2D eigenvalue weighted by Gasteiger charge is 2.19. The first-order valence-electron chi connectivity index (χ1n) is 8.68. The van der Waals surface area contributed by atoms with Crippen LogP contribution in [0.25, 0.3) is 5.76 Å². The summed E-state index contributed by atoms with van der Waals surface area (Å²) in [6.07, 6.45) is 3.14. The van der Waals surface area contributed by atoms with Crippen molar-refractivity contribution in [3.05, 3.63) is 65.6 Å². The molecule has 0 saturated heterocycles. The number of amides is 1. The summed E-state index contributed by atoms with van der Waals surface area (Å²) in [5.41, 5.74) is 6.84. The molecular weight excluding hydrogens is 363 g/mol. The Balaban J connectivity index is 2.20. The number of nitrogens with zero attached hydrogens (tertiary/aromatic N) is 2. The Morgan fingerprint density at radius 2 is 2.11 bits per heavy atom. The summed E-state index contributed by atoms with van der Waals surface area (Å²) in [6, 6.07) is 4.48. The first-order valence-corrected chi connectivity index (χ1v) is 8.68. The molecule has 0 unspecified atom stereocenters. The summed E-state index contributed by atoms with van der Waals surface area (Å²) >= 11 is 0. The normalized spacial score (nSPS) is 10.7. The number of hydrogen-bond donors (Lipinski definition) is 2. The molecule has 2 aromatic rings. The van der Waals surface area contributed by atoms with Gasteiger partial charge in [-0.2, -0.15) is 0 Å². The first kappa shape index (κ1) is 20.9. The largest absolute Gasteiger partial charge is 0.493 e. The molecule has 3 N–H and O–H groups in total. The lowest BCUT2D eigenvalue weighted by atomic mass is 10.2. The number of halogens is 1. The molecule has 0 fully saturated rings. The van der Waals surface area contributed by atoms with Crippen LogP contribution in [0.3, 0.4) is 0 Å². The monoisotopic (exact) mass is 386 g/mol.